The lowest BCUT2D eigenvalue weighted by Gasteiger charge is -2.12. The molecule has 7 heteroatoms. The number of aromatic nitrogens is 2. The van der Waals surface area contributed by atoms with Crippen LogP contribution in [0.4, 0.5) is 11.5 Å². The van der Waals surface area contributed by atoms with Crippen LogP contribution in [0.2, 0.25) is 0 Å². The Morgan fingerprint density at radius 1 is 1.40 bits per heavy atom. The summed E-state index contributed by atoms with van der Waals surface area (Å²) in [7, 11) is 3.89. The third-order valence-corrected chi connectivity index (χ3v) is 3.34. The van der Waals surface area contributed by atoms with E-state index in [-0.39, 0.29) is 5.91 Å². The fourth-order valence-corrected chi connectivity index (χ4v) is 2.19. The SMILES string of the molecule is CN(C)c1cnnc(NCCNC(=O)c2ccsc2)c1. The Kier molecular flexibility index (Phi) is 4.89. The third kappa shape index (κ3) is 3.92. The predicted octanol–water partition coefficient (Wildman–Crippen LogP) is 1.45. The summed E-state index contributed by atoms with van der Waals surface area (Å²) in [5.74, 6) is 0.641. The van der Waals surface area contributed by atoms with Crippen LogP contribution in [0.3, 0.4) is 0 Å². The molecule has 106 valence electrons. The minimum Gasteiger partial charge on any atom is -0.376 e. The average Bonchev–Trinajstić information content (AvgIpc) is 2.98. The fraction of sp³-hybridized carbons (Fsp3) is 0.308. The van der Waals surface area contributed by atoms with Crippen molar-refractivity contribution >= 4 is 28.7 Å². The van der Waals surface area contributed by atoms with Gasteiger partial charge in [-0.1, -0.05) is 0 Å². The van der Waals surface area contributed by atoms with Gasteiger partial charge in [-0.2, -0.15) is 16.4 Å². The Morgan fingerprint density at radius 3 is 2.95 bits per heavy atom. The molecule has 20 heavy (non-hydrogen) atoms. The molecule has 0 radical (unpaired) electrons. The highest BCUT2D eigenvalue weighted by atomic mass is 32.1. The number of anilines is 2. The Bertz CT molecular complexity index is 556. The molecule has 0 aliphatic rings. The van der Waals surface area contributed by atoms with Crippen LogP contribution >= 0.6 is 11.3 Å². The van der Waals surface area contributed by atoms with E-state index in [9.17, 15) is 4.79 Å². The van der Waals surface area contributed by atoms with Gasteiger partial charge in [-0.25, -0.2) is 0 Å². The van der Waals surface area contributed by atoms with Gasteiger partial charge in [0, 0.05) is 44.2 Å². The number of carbonyl (C=O) groups excluding carboxylic acids is 1. The quantitative estimate of drug-likeness (QED) is 0.788. The van der Waals surface area contributed by atoms with Crippen molar-refractivity contribution in [3.05, 3.63) is 34.7 Å². The maximum Gasteiger partial charge on any atom is 0.252 e. The van der Waals surface area contributed by atoms with Gasteiger partial charge in [0.2, 0.25) is 0 Å². The number of rotatable bonds is 6. The van der Waals surface area contributed by atoms with Crippen LogP contribution < -0.4 is 15.5 Å². The van der Waals surface area contributed by atoms with Crippen LogP contribution in [0.25, 0.3) is 0 Å². The number of thiophene rings is 1. The Morgan fingerprint density at radius 2 is 2.25 bits per heavy atom. The van der Waals surface area contributed by atoms with Gasteiger partial charge in [0.25, 0.3) is 5.91 Å². The molecule has 1 amide bonds. The van der Waals surface area contributed by atoms with E-state index in [0.29, 0.717) is 24.5 Å². The van der Waals surface area contributed by atoms with E-state index < -0.39 is 0 Å². The van der Waals surface area contributed by atoms with Gasteiger partial charge >= 0.3 is 0 Å². The second kappa shape index (κ2) is 6.85. The summed E-state index contributed by atoms with van der Waals surface area (Å²) in [6.07, 6.45) is 1.70. The molecule has 6 nitrogen and oxygen atoms in total. The first-order valence-corrected chi connectivity index (χ1v) is 7.15. The smallest absolute Gasteiger partial charge is 0.252 e. The van der Waals surface area contributed by atoms with E-state index in [1.54, 1.807) is 12.3 Å². The summed E-state index contributed by atoms with van der Waals surface area (Å²) >= 11 is 1.51. The summed E-state index contributed by atoms with van der Waals surface area (Å²) in [6.45, 7) is 1.13. The van der Waals surface area contributed by atoms with Crippen LogP contribution in [-0.2, 0) is 0 Å². The molecule has 0 aliphatic carbocycles. The maximum absolute atomic E-state index is 11.7. The fourth-order valence-electron chi connectivity index (χ4n) is 1.55. The average molecular weight is 291 g/mol. The van der Waals surface area contributed by atoms with E-state index >= 15 is 0 Å². The van der Waals surface area contributed by atoms with Crippen molar-refractivity contribution in [2.75, 3.05) is 37.4 Å². The van der Waals surface area contributed by atoms with Crippen molar-refractivity contribution in [1.29, 1.82) is 0 Å². The molecule has 0 aliphatic heterocycles. The standard InChI is InChI=1S/C13H17N5OS/c1-18(2)11-7-12(17-16-8-11)14-4-5-15-13(19)10-3-6-20-9-10/h3,6-9H,4-5H2,1-2H3,(H,14,17)(H,15,19). The van der Waals surface area contributed by atoms with E-state index in [4.69, 9.17) is 0 Å². The van der Waals surface area contributed by atoms with Crippen molar-refractivity contribution < 1.29 is 4.79 Å². The van der Waals surface area contributed by atoms with E-state index in [1.165, 1.54) is 11.3 Å². The molecule has 2 heterocycles. The number of carbonyl (C=O) groups is 1. The number of nitrogens with zero attached hydrogens (tertiary/aromatic N) is 3. The molecular weight excluding hydrogens is 274 g/mol. The van der Waals surface area contributed by atoms with E-state index in [1.807, 2.05) is 35.8 Å². The lowest BCUT2D eigenvalue weighted by atomic mass is 10.3. The minimum atomic E-state index is -0.0545. The van der Waals surface area contributed by atoms with Crippen LogP contribution in [0, 0.1) is 0 Å². The number of amides is 1. The molecule has 0 spiro atoms. The number of nitrogens with one attached hydrogen (secondary N) is 2. The van der Waals surface area contributed by atoms with E-state index in [2.05, 4.69) is 20.8 Å². The predicted molar refractivity (Wildman–Crippen MR) is 81.5 cm³/mol. The van der Waals surface area contributed by atoms with Crippen molar-refractivity contribution in [2.24, 2.45) is 0 Å². The molecule has 2 aromatic rings. The Hall–Kier alpha value is -2.15. The van der Waals surface area contributed by atoms with Gasteiger partial charge in [-0.3, -0.25) is 4.79 Å². The van der Waals surface area contributed by atoms with Gasteiger partial charge in [-0.05, 0) is 11.4 Å². The first-order chi connectivity index (χ1) is 9.66. The van der Waals surface area contributed by atoms with Crippen molar-refractivity contribution in [3.63, 3.8) is 0 Å². The lowest BCUT2D eigenvalue weighted by molar-refractivity contribution is 0.0955. The number of hydrogen-bond acceptors (Lipinski definition) is 6. The van der Waals surface area contributed by atoms with Crippen LogP contribution in [0.15, 0.2) is 29.1 Å². The first kappa shape index (κ1) is 14.3. The molecule has 0 bridgehead atoms. The van der Waals surface area contributed by atoms with Crippen LogP contribution in [0.1, 0.15) is 10.4 Å². The second-order valence-electron chi connectivity index (χ2n) is 4.39. The molecule has 0 saturated heterocycles. The largest absolute Gasteiger partial charge is 0.376 e. The van der Waals surface area contributed by atoms with Gasteiger partial charge in [0.05, 0.1) is 11.9 Å². The summed E-state index contributed by atoms with van der Waals surface area (Å²) in [5, 5.41) is 17.6. The summed E-state index contributed by atoms with van der Waals surface area (Å²) < 4.78 is 0. The maximum atomic E-state index is 11.7. The zero-order valence-electron chi connectivity index (χ0n) is 11.5. The molecule has 2 rings (SSSR count). The minimum absolute atomic E-state index is 0.0545. The van der Waals surface area contributed by atoms with Gasteiger partial charge in [0.15, 0.2) is 5.82 Å². The van der Waals surface area contributed by atoms with Gasteiger partial charge in [-0.15, -0.1) is 5.10 Å². The zero-order chi connectivity index (χ0) is 14.4. The molecule has 2 aromatic heterocycles. The van der Waals surface area contributed by atoms with Crippen molar-refractivity contribution in [1.82, 2.24) is 15.5 Å². The zero-order valence-corrected chi connectivity index (χ0v) is 12.3. The van der Waals surface area contributed by atoms with Crippen LogP contribution in [-0.4, -0.2) is 43.3 Å². The Balaban J connectivity index is 1.76. The number of hydrogen-bond donors (Lipinski definition) is 2. The molecule has 0 atom stereocenters. The summed E-state index contributed by atoms with van der Waals surface area (Å²) in [5.41, 5.74) is 1.68. The Labute approximate surface area is 121 Å². The van der Waals surface area contributed by atoms with E-state index in [0.717, 1.165) is 5.69 Å². The summed E-state index contributed by atoms with van der Waals surface area (Å²) in [6, 6.07) is 3.72. The molecule has 0 fully saturated rings. The van der Waals surface area contributed by atoms with Gasteiger partial charge < -0.3 is 15.5 Å². The highest BCUT2D eigenvalue weighted by Crippen LogP contribution is 2.12. The third-order valence-electron chi connectivity index (χ3n) is 2.66. The topological polar surface area (TPSA) is 70.2 Å². The second-order valence-corrected chi connectivity index (χ2v) is 5.17. The highest BCUT2D eigenvalue weighted by molar-refractivity contribution is 7.08. The lowest BCUT2D eigenvalue weighted by Crippen LogP contribution is -2.28. The monoisotopic (exact) mass is 291 g/mol. The molecule has 0 aromatic carbocycles. The molecular formula is C13H17N5OS. The molecule has 2 N–H and O–H groups in total. The highest BCUT2D eigenvalue weighted by Gasteiger charge is 2.04. The van der Waals surface area contributed by atoms with Crippen LogP contribution in [0.5, 0.6) is 0 Å². The summed E-state index contributed by atoms with van der Waals surface area (Å²) in [4.78, 5) is 13.7. The molecule has 0 unspecified atom stereocenters. The van der Waals surface area contributed by atoms with Gasteiger partial charge in [0.1, 0.15) is 0 Å². The van der Waals surface area contributed by atoms with Crippen molar-refractivity contribution in [2.45, 2.75) is 0 Å². The molecule has 0 saturated carbocycles. The normalized spacial score (nSPS) is 10.1. The first-order valence-electron chi connectivity index (χ1n) is 6.21. The van der Waals surface area contributed by atoms with Crippen molar-refractivity contribution in [3.8, 4) is 0 Å².